The SMILES string of the molecule is CC[C@H](C)[C@H](NC(=O)Cc1coc2cc(OC)ccc12)C(=O)O. The van der Waals surface area contributed by atoms with Gasteiger partial charge in [-0.3, -0.25) is 4.79 Å². The molecular weight excluding hydrogens is 298 g/mol. The first-order valence-electron chi connectivity index (χ1n) is 7.52. The number of nitrogens with one attached hydrogen (secondary N) is 1. The van der Waals surface area contributed by atoms with Crippen molar-refractivity contribution in [2.75, 3.05) is 7.11 Å². The second kappa shape index (κ2) is 7.17. The maximum absolute atomic E-state index is 12.2. The molecule has 2 atom stereocenters. The molecule has 0 spiro atoms. The standard InChI is InChI=1S/C17H21NO5/c1-4-10(2)16(17(20)21)18-15(19)7-11-9-23-14-8-12(22-3)5-6-13(11)14/h5-6,8-10,16H,4,7H2,1-3H3,(H,18,19)(H,20,21)/t10-,16-/m0/s1. The molecule has 1 aromatic carbocycles. The van der Waals surface area contributed by atoms with Crippen molar-refractivity contribution < 1.29 is 23.8 Å². The van der Waals surface area contributed by atoms with Crippen molar-refractivity contribution in [3.63, 3.8) is 0 Å². The van der Waals surface area contributed by atoms with Crippen molar-refractivity contribution >= 4 is 22.8 Å². The van der Waals surface area contributed by atoms with Crippen LogP contribution in [0.4, 0.5) is 0 Å². The van der Waals surface area contributed by atoms with Crippen molar-refractivity contribution in [1.29, 1.82) is 0 Å². The van der Waals surface area contributed by atoms with Gasteiger partial charge in [-0.05, 0) is 18.1 Å². The second-order valence-electron chi connectivity index (χ2n) is 5.57. The minimum atomic E-state index is -1.02. The summed E-state index contributed by atoms with van der Waals surface area (Å²) in [5.41, 5.74) is 1.34. The number of hydrogen-bond acceptors (Lipinski definition) is 4. The van der Waals surface area contributed by atoms with Crippen molar-refractivity contribution in [1.82, 2.24) is 5.32 Å². The van der Waals surface area contributed by atoms with Crippen LogP contribution in [0.25, 0.3) is 11.0 Å². The average molecular weight is 319 g/mol. The maximum Gasteiger partial charge on any atom is 0.326 e. The third kappa shape index (κ3) is 3.83. The Bertz CT molecular complexity index is 706. The van der Waals surface area contributed by atoms with Gasteiger partial charge >= 0.3 is 5.97 Å². The first-order chi connectivity index (χ1) is 11.0. The Kier molecular flexibility index (Phi) is 5.26. The maximum atomic E-state index is 12.2. The van der Waals surface area contributed by atoms with E-state index in [9.17, 15) is 14.7 Å². The fourth-order valence-corrected chi connectivity index (χ4v) is 2.41. The molecule has 0 unspecified atom stereocenters. The molecule has 0 fully saturated rings. The lowest BCUT2D eigenvalue weighted by atomic mass is 9.99. The highest BCUT2D eigenvalue weighted by molar-refractivity contribution is 5.90. The third-order valence-corrected chi connectivity index (χ3v) is 4.01. The van der Waals surface area contributed by atoms with E-state index in [0.717, 1.165) is 5.39 Å². The van der Waals surface area contributed by atoms with E-state index in [0.29, 0.717) is 23.3 Å². The Balaban J connectivity index is 2.12. The van der Waals surface area contributed by atoms with E-state index in [1.54, 1.807) is 26.2 Å². The number of hydrogen-bond donors (Lipinski definition) is 2. The Hall–Kier alpha value is -2.50. The molecule has 1 aromatic heterocycles. The fraction of sp³-hybridized carbons (Fsp3) is 0.412. The van der Waals surface area contributed by atoms with Gasteiger partial charge in [-0.1, -0.05) is 20.3 Å². The largest absolute Gasteiger partial charge is 0.497 e. The average Bonchev–Trinajstić information content (AvgIpc) is 2.93. The van der Waals surface area contributed by atoms with Gasteiger partial charge in [0.05, 0.1) is 19.8 Å². The Morgan fingerprint density at radius 2 is 2.13 bits per heavy atom. The van der Waals surface area contributed by atoms with E-state index in [-0.39, 0.29) is 18.2 Å². The number of furan rings is 1. The van der Waals surface area contributed by atoms with E-state index in [1.165, 1.54) is 6.26 Å². The van der Waals surface area contributed by atoms with Crippen molar-refractivity contribution in [2.45, 2.75) is 32.7 Å². The molecule has 6 heteroatoms. The van der Waals surface area contributed by atoms with E-state index in [2.05, 4.69) is 5.32 Å². The van der Waals surface area contributed by atoms with E-state index < -0.39 is 12.0 Å². The summed E-state index contributed by atoms with van der Waals surface area (Å²) in [6, 6.07) is 4.48. The van der Waals surface area contributed by atoms with E-state index in [4.69, 9.17) is 9.15 Å². The summed E-state index contributed by atoms with van der Waals surface area (Å²) in [5.74, 6) is -0.821. The summed E-state index contributed by atoms with van der Waals surface area (Å²) >= 11 is 0. The van der Waals surface area contributed by atoms with Crippen LogP contribution in [0.5, 0.6) is 5.75 Å². The molecule has 23 heavy (non-hydrogen) atoms. The Labute approximate surface area is 134 Å². The lowest BCUT2D eigenvalue weighted by molar-refractivity contribution is -0.143. The molecule has 0 aliphatic rings. The molecule has 2 N–H and O–H groups in total. The smallest absolute Gasteiger partial charge is 0.326 e. The first-order valence-corrected chi connectivity index (χ1v) is 7.52. The van der Waals surface area contributed by atoms with Crippen LogP contribution in [0.15, 0.2) is 28.9 Å². The number of amides is 1. The highest BCUT2D eigenvalue weighted by Crippen LogP contribution is 2.25. The van der Waals surface area contributed by atoms with Gasteiger partial charge in [0.2, 0.25) is 5.91 Å². The molecule has 1 heterocycles. The van der Waals surface area contributed by atoms with E-state index >= 15 is 0 Å². The number of carboxylic acids is 1. The number of ether oxygens (including phenoxy) is 1. The summed E-state index contributed by atoms with van der Waals surface area (Å²) in [7, 11) is 1.57. The fourth-order valence-electron chi connectivity index (χ4n) is 2.41. The van der Waals surface area contributed by atoms with Gasteiger partial charge in [0.1, 0.15) is 17.4 Å². The number of benzene rings is 1. The molecular formula is C17H21NO5. The van der Waals surface area contributed by atoms with Gasteiger partial charge in [-0.25, -0.2) is 4.79 Å². The number of aliphatic carboxylic acids is 1. The lowest BCUT2D eigenvalue weighted by Crippen LogP contribution is -2.45. The molecule has 0 bridgehead atoms. The van der Waals surface area contributed by atoms with Gasteiger partial charge in [-0.2, -0.15) is 0 Å². The van der Waals surface area contributed by atoms with Gasteiger partial charge in [0, 0.05) is 17.0 Å². The van der Waals surface area contributed by atoms with Gasteiger partial charge < -0.3 is 19.6 Å². The van der Waals surface area contributed by atoms with Gasteiger partial charge in [0.15, 0.2) is 0 Å². The Morgan fingerprint density at radius 1 is 1.39 bits per heavy atom. The zero-order valence-electron chi connectivity index (χ0n) is 13.5. The summed E-state index contributed by atoms with van der Waals surface area (Å²) in [6.07, 6.45) is 2.26. The van der Waals surface area contributed by atoms with Crippen LogP contribution in [-0.2, 0) is 16.0 Å². The van der Waals surface area contributed by atoms with Crippen LogP contribution in [0.2, 0.25) is 0 Å². The minimum absolute atomic E-state index is 0.0690. The van der Waals surface area contributed by atoms with Gasteiger partial charge in [-0.15, -0.1) is 0 Å². The van der Waals surface area contributed by atoms with Crippen LogP contribution >= 0.6 is 0 Å². The van der Waals surface area contributed by atoms with E-state index in [1.807, 2.05) is 13.0 Å². The molecule has 2 rings (SSSR count). The predicted molar refractivity (Wildman–Crippen MR) is 85.5 cm³/mol. The van der Waals surface area contributed by atoms with Crippen LogP contribution in [0, 0.1) is 5.92 Å². The summed E-state index contributed by atoms with van der Waals surface area (Å²) in [4.78, 5) is 23.4. The van der Waals surface area contributed by atoms with Crippen molar-refractivity contribution in [3.8, 4) is 5.75 Å². The molecule has 0 aliphatic heterocycles. The molecule has 0 radical (unpaired) electrons. The van der Waals surface area contributed by atoms with Crippen LogP contribution < -0.4 is 10.1 Å². The van der Waals surface area contributed by atoms with Crippen LogP contribution in [0.3, 0.4) is 0 Å². The summed E-state index contributed by atoms with van der Waals surface area (Å²) in [5, 5.41) is 12.6. The number of methoxy groups -OCH3 is 1. The first kappa shape index (κ1) is 16.9. The number of carboxylic acid groups (broad SMARTS) is 1. The zero-order valence-corrected chi connectivity index (χ0v) is 13.5. The van der Waals surface area contributed by atoms with Crippen molar-refractivity contribution in [3.05, 3.63) is 30.0 Å². The number of fused-ring (bicyclic) bond motifs is 1. The predicted octanol–water partition coefficient (Wildman–Crippen LogP) is 2.60. The molecule has 0 saturated carbocycles. The summed E-state index contributed by atoms with van der Waals surface area (Å²) < 4.78 is 10.6. The Morgan fingerprint density at radius 3 is 2.74 bits per heavy atom. The number of rotatable bonds is 7. The normalized spacial score (nSPS) is 13.5. The van der Waals surface area contributed by atoms with Crippen LogP contribution in [0.1, 0.15) is 25.8 Å². The minimum Gasteiger partial charge on any atom is -0.497 e. The van der Waals surface area contributed by atoms with Crippen molar-refractivity contribution in [2.24, 2.45) is 5.92 Å². The lowest BCUT2D eigenvalue weighted by Gasteiger charge is -2.19. The summed E-state index contributed by atoms with van der Waals surface area (Å²) in [6.45, 7) is 3.70. The second-order valence-corrected chi connectivity index (χ2v) is 5.57. The molecule has 0 saturated heterocycles. The zero-order chi connectivity index (χ0) is 17.0. The molecule has 6 nitrogen and oxygen atoms in total. The highest BCUT2D eigenvalue weighted by atomic mass is 16.5. The topological polar surface area (TPSA) is 88.8 Å². The monoisotopic (exact) mass is 319 g/mol. The molecule has 1 amide bonds. The van der Waals surface area contributed by atoms with Crippen LogP contribution in [-0.4, -0.2) is 30.1 Å². The molecule has 0 aliphatic carbocycles. The molecule has 124 valence electrons. The third-order valence-electron chi connectivity index (χ3n) is 4.01. The number of carbonyl (C=O) groups excluding carboxylic acids is 1. The van der Waals surface area contributed by atoms with Gasteiger partial charge in [0.25, 0.3) is 0 Å². The quantitative estimate of drug-likeness (QED) is 0.819. The molecule has 2 aromatic rings. The number of carbonyl (C=O) groups is 2. The highest BCUT2D eigenvalue weighted by Gasteiger charge is 2.25.